The molecule has 1 saturated heterocycles. The van der Waals surface area contributed by atoms with E-state index in [4.69, 9.17) is 5.73 Å². The third kappa shape index (κ3) is 4.57. The van der Waals surface area contributed by atoms with Crippen molar-refractivity contribution in [3.05, 3.63) is 95.3 Å². The molecule has 1 aliphatic heterocycles. The van der Waals surface area contributed by atoms with Gasteiger partial charge in [0.2, 0.25) is 11.8 Å². The predicted molar refractivity (Wildman–Crippen MR) is 123 cm³/mol. The van der Waals surface area contributed by atoms with Gasteiger partial charge in [-0.25, -0.2) is 4.39 Å². The number of nitrogens with zero attached hydrogens (tertiary/aromatic N) is 1. The normalized spacial score (nSPS) is 18.0. The number of nitrogens with two attached hydrogens (primary N) is 1. The van der Waals surface area contributed by atoms with Crippen molar-refractivity contribution in [2.45, 2.75) is 26.2 Å². The van der Waals surface area contributed by atoms with Gasteiger partial charge in [0.15, 0.2) is 0 Å². The van der Waals surface area contributed by atoms with E-state index in [1.54, 1.807) is 17.0 Å². The minimum Gasteiger partial charge on any atom is -0.369 e. The maximum absolute atomic E-state index is 13.2. The summed E-state index contributed by atoms with van der Waals surface area (Å²) in [6, 6.07) is 22.3. The molecule has 32 heavy (non-hydrogen) atoms. The van der Waals surface area contributed by atoms with Crippen LogP contribution < -0.4 is 5.73 Å². The smallest absolute Gasteiger partial charge is 0.227 e. The molecule has 3 aromatic carbocycles. The molecule has 3 aromatic rings. The van der Waals surface area contributed by atoms with Gasteiger partial charge in [0, 0.05) is 13.1 Å². The van der Waals surface area contributed by atoms with Gasteiger partial charge >= 0.3 is 0 Å². The van der Waals surface area contributed by atoms with Crippen molar-refractivity contribution in [1.29, 1.82) is 0 Å². The van der Waals surface area contributed by atoms with Gasteiger partial charge < -0.3 is 10.6 Å². The van der Waals surface area contributed by atoms with Gasteiger partial charge in [0.05, 0.1) is 11.8 Å². The van der Waals surface area contributed by atoms with Crippen LogP contribution >= 0.6 is 0 Å². The Morgan fingerprint density at radius 2 is 1.78 bits per heavy atom. The summed E-state index contributed by atoms with van der Waals surface area (Å²) in [6.45, 7) is 2.83. The summed E-state index contributed by atoms with van der Waals surface area (Å²) in [7, 11) is 0. The first-order valence-electron chi connectivity index (χ1n) is 10.8. The molecule has 0 aliphatic carbocycles. The average Bonchev–Trinajstić information content (AvgIpc) is 3.21. The van der Waals surface area contributed by atoms with E-state index in [-0.39, 0.29) is 24.1 Å². The van der Waals surface area contributed by atoms with Crippen LogP contribution in [0.5, 0.6) is 0 Å². The molecule has 0 bridgehead atoms. The van der Waals surface area contributed by atoms with Crippen LogP contribution in [0.3, 0.4) is 0 Å². The Balaban J connectivity index is 1.55. The Morgan fingerprint density at radius 3 is 2.50 bits per heavy atom. The van der Waals surface area contributed by atoms with Crippen LogP contribution in [0.15, 0.2) is 72.8 Å². The van der Waals surface area contributed by atoms with E-state index in [1.165, 1.54) is 17.7 Å². The zero-order valence-electron chi connectivity index (χ0n) is 18.2. The number of hydrogen-bond acceptors (Lipinski definition) is 2. The number of amides is 2. The first kappa shape index (κ1) is 21.8. The molecule has 4 nitrogen and oxygen atoms in total. The number of primary amides is 1. The van der Waals surface area contributed by atoms with Crippen molar-refractivity contribution in [2.75, 3.05) is 13.1 Å². The molecule has 4 rings (SSSR count). The van der Waals surface area contributed by atoms with Crippen molar-refractivity contribution >= 4 is 11.8 Å². The fourth-order valence-electron chi connectivity index (χ4n) is 4.54. The monoisotopic (exact) mass is 430 g/mol. The molecule has 0 aromatic heterocycles. The van der Waals surface area contributed by atoms with Crippen LogP contribution in [0.1, 0.15) is 23.1 Å². The van der Waals surface area contributed by atoms with Crippen molar-refractivity contribution in [2.24, 2.45) is 11.1 Å². The molecular formula is C27H27FN2O2. The second kappa shape index (κ2) is 8.95. The number of halogens is 1. The molecule has 1 unspecified atom stereocenters. The van der Waals surface area contributed by atoms with Gasteiger partial charge in [-0.3, -0.25) is 9.59 Å². The lowest BCUT2D eigenvalue weighted by atomic mass is 9.78. The van der Waals surface area contributed by atoms with Crippen molar-refractivity contribution < 1.29 is 14.0 Å². The van der Waals surface area contributed by atoms with Crippen LogP contribution in [0.25, 0.3) is 11.1 Å². The van der Waals surface area contributed by atoms with Crippen LogP contribution in [0.2, 0.25) is 0 Å². The predicted octanol–water partition coefficient (Wildman–Crippen LogP) is 4.29. The number of carbonyl (C=O) groups is 2. The highest BCUT2D eigenvalue weighted by molar-refractivity contribution is 5.85. The summed E-state index contributed by atoms with van der Waals surface area (Å²) >= 11 is 0. The number of carbonyl (C=O) groups excluding carboxylic acids is 2. The van der Waals surface area contributed by atoms with Gasteiger partial charge in [0.25, 0.3) is 0 Å². The van der Waals surface area contributed by atoms with E-state index in [2.05, 4.69) is 31.2 Å². The number of benzene rings is 3. The minimum atomic E-state index is -0.807. The average molecular weight is 431 g/mol. The second-order valence-electron chi connectivity index (χ2n) is 8.72. The topological polar surface area (TPSA) is 63.4 Å². The van der Waals surface area contributed by atoms with E-state index >= 15 is 0 Å². The molecule has 0 saturated carbocycles. The number of aryl methyl sites for hydroxylation is 1. The zero-order chi connectivity index (χ0) is 22.7. The van der Waals surface area contributed by atoms with Crippen LogP contribution in [-0.2, 0) is 22.4 Å². The molecule has 2 N–H and O–H groups in total. The number of hydrogen-bond donors (Lipinski definition) is 1. The van der Waals surface area contributed by atoms with Crippen molar-refractivity contribution in [3.8, 4) is 11.1 Å². The Bertz CT molecular complexity index is 1140. The summed E-state index contributed by atoms with van der Waals surface area (Å²) in [5, 5.41) is 0. The van der Waals surface area contributed by atoms with Gasteiger partial charge in [-0.05, 0) is 54.2 Å². The highest BCUT2D eigenvalue weighted by atomic mass is 19.1. The fraction of sp³-hybridized carbons (Fsp3) is 0.259. The van der Waals surface area contributed by atoms with E-state index in [9.17, 15) is 14.0 Å². The van der Waals surface area contributed by atoms with Crippen molar-refractivity contribution in [3.63, 3.8) is 0 Å². The molecule has 0 spiro atoms. The second-order valence-corrected chi connectivity index (χ2v) is 8.72. The van der Waals surface area contributed by atoms with E-state index in [1.807, 2.05) is 24.3 Å². The Morgan fingerprint density at radius 1 is 1.03 bits per heavy atom. The van der Waals surface area contributed by atoms with Gasteiger partial charge in [0.1, 0.15) is 5.82 Å². The molecule has 1 fully saturated rings. The summed E-state index contributed by atoms with van der Waals surface area (Å²) in [5.41, 5.74) is 10.2. The summed E-state index contributed by atoms with van der Waals surface area (Å²) in [5.74, 6) is -0.789. The maximum Gasteiger partial charge on any atom is 0.227 e. The summed E-state index contributed by atoms with van der Waals surface area (Å²) in [6.07, 6.45) is 1.18. The number of likely N-dealkylation sites (tertiary alicyclic amines) is 1. The molecule has 164 valence electrons. The van der Waals surface area contributed by atoms with Gasteiger partial charge in [-0.15, -0.1) is 0 Å². The quantitative estimate of drug-likeness (QED) is 0.634. The summed E-state index contributed by atoms with van der Waals surface area (Å²) < 4.78 is 13.2. The largest absolute Gasteiger partial charge is 0.369 e. The van der Waals surface area contributed by atoms with E-state index in [0.29, 0.717) is 25.9 Å². The molecule has 1 atom stereocenters. The van der Waals surface area contributed by atoms with Gasteiger partial charge in [-0.1, -0.05) is 66.2 Å². The first-order valence-corrected chi connectivity index (χ1v) is 10.8. The summed E-state index contributed by atoms with van der Waals surface area (Å²) in [4.78, 5) is 27.2. The highest BCUT2D eigenvalue weighted by Gasteiger charge is 2.45. The number of rotatable bonds is 6. The minimum absolute atomic E-state index is 0.0771. The standard InChI is InChI=1S/C27H27FN2O2/c1-19-5-4-7-21(15-19)24-8-3-2-6-22(24)17-27(26(29)32)13-14-30(18-27)25(31)16-20-9-11-23(28)12-10-20/h2-12,15H,13-14,16-18H2,1H3,(H2,29,32). The molecule has 2 amide bonds. The van der Waals surface area contributed by atoms with Crippen LogP contribution in [-0.4, -0.2) is 29.8 Å². The SMILES string of the molecule is Cc1cccc(-c2ccccc2CC2(C(N)=O)CCN(C(=O)Cc3ccc(F)cc3)C2)c1. The Hall–Kier alpha value is -3.47. The fourth-order valence-corrected chi connectivity index (χ4v) is 4.54. The highest BCUT2D eigenvalue weighted by Crippen LogP contribution is 2.37. The van der Waals surface area contributed by atoms with Gasteiger partial charge in [-0.2, -0.15) is 0 Å². The maximum atomic E-state index is 13.2. The zero-order valence-corrected chi connectivity index (χ0v) is 18.2. The van der Waals surface area contributed by atoms with Crippen LogP contribution in [0.4, 0.5) is 4.39 Å². The van der Waals surface area contributed by atoms with Crippen molar-refractivity contribution in [1.82, 2.24) is 4.90 Å². The van der Waals surface area contributed by atoms with E-state index < -0.39 is 5.41 Å². The molecule has 5 heteroatoms. The lowest BCUT2D eigenvalue weighted by molar-refractivity contribution is -0.131. The lowest BCUT2D eigenvalue weighted by Gasteiger charge is -2.27. The Kier molecular flexibility index (Phi) is 6.08. The third-order valence-electron chi connectivity index (χ3n) is 6.37. The molecular weight excluding hydrogens is 403 g/mol. The molecule has 1 aliphatic rings. The first-order chi connectivity index (χ1) is 15.4. The van der Waals surface area contributed by atoms with E-state index in [0.717, 1.165) is 22.3 Å². The van der Waals surface area contributed by atoms with Crippen LogP contribution in [0, 0.1) is 18.2 Å². The lowest BCUT2D eigenvalue weighted by Crippen LogP contribution is -2.42. The molecule has 1 heterocycles. The third-order valence-corrected chi connectivity index (χ3v) is 6.37. The molecule has 0 radical (unpaired) electrons. The Labute approximate surface area is 187 Å².